The number of hydrogen-bond acceptors (Lipinski definition) is 6. The fourth-order valence-electron chi connectivity index (χ4n) is 3.19. The van der Waals surface area contributed by atoms with E-state index in [1.165, 1.54) is 7.11 Å². The van der Waals surface area contributed by atoms with E-state index in [0.717, 1.165) is 41.1 Å². The Kier molecular flexibility index (Phi) is 6.07. The van der Waals surface area contributed by atoms with Crippen LogP contribution < -0.4 is 9.54 Å². The molecule has 29 heavy (non-hydrogen) atoms. The second-order valence-electron chi connectivity index (χ2n) is 6.73. The summed E-state index contributed by atoms with van der Waals surface area (Å²) in [5, 5.41) is 16.6. The zero-order valence-electron chi connectivity index (χ0n) is 16.2. The molecule has 0 saturated carbocycles. The molecule has 1 aromatic heterocycles. The van der Waals surface area contributed by atoms with E-state index in [9.17, 15) is 5.11 Å². The number of methoxy groups -OCH3 is 1. The van der Waals surface area contributed by atoms with Crippen LogP contribution in [0, 0.1) is 0 Å². The first-order valence-corrected chi connectivity index (χ1v) is 10.4. The van der Waals surface area contributed by atoms with Crippen molar-refractivity contribution in [3.05, 3.63) is 64.3 Å². The minimum absolute atomic E-state index is 0.102. The number of ether oxygens (including phenoxy) is 2. The van der Waals surface area contributed by atoms with Crippen molar-refractivity contribution in [3.8, 4) is 22.8 Å². The number of thiazole rings is 1. The average molecular weight is 410 g/mol. The fraction of sp³-hybridized carbons (Fsp3) is 0.273. The topological polar surface area (TPSA) is 68.3 Å². The van der Waals surface area contributed by atoms with Crippen LogP contribution in [0.25, 0.3) is 11.3 Å². The molecule has 1 atom stereocenters. The summed E-state index contributed by atoms with van der Waals surface area (Å²) in [5.74, 6) is 0.515. The van der Waals surface area contributed by atoms with E-state index >= 15 is 0 Å². The Morgan fingerprint density at radius 1 is 1.28 bits per heavy atom. The molecule has 1 aliphatic rings. The number of benzene rings is 2. The third-order valence-corrected chi connectivity index (χ3v) is 5.59. The molecule has 0 amide bonds. The van der Waals surface area contributed by atoms with Crippen molar-refractivity contribution in [2.24, 2.45) is 10.1 Å². The number of aromatic nitrogens is 1. The highest BCUT2D eigenvalue weighted by atomic mass is 32.1. The first kappa shape index (κ1) is 19.4. The molecule has 3 aromatic rings. The van der Waals surface area contributed by atoms with Gasteiger partial charge in [-0.15, -0.1) is 11.3 Å². The zero-order valence-corrected chi connectivity index (χ0v) is 17.0. The van der Waals surface area contributed by atoms with Gasteiger partial charge in [-0.2, -0.15) is 5.10 Å². The summed E-state index contributed by atoms with van der Waals surface area (Å²) in [6, 6.07) is 15.3. The van der Waals surface area contributed by atoms with Crippen molar-refractivity contribution in [2.75, 3.05) is 20.3 Å². The molecule has 0 bridgehead atoms. The zero-order chi connectivity index (χ0) is 20.1. The molecule has 0 spiro atoms. The number of phenols is 1. The monoisotopic (exact) mass is 409 g/mol. The number of aromatic hydroxyl groups is 1. The number of hydrogen-bond donors (Lipinski definition) is 1. The molecule has 2 heterocycles. The molecule has 1 saturated heterocycles. The second kappa shape index (κ2) is 9.07. The maximum absolute atomic E-state index is 9.80. The summed E-state index contributed by atoms with van der Waals surface area (Å²) in [6.45, 7) is 1.46. The van der Waals surface area contributed by atoms with Crippen LogP contribution in [0.4, 0.5) is 0 Å². The van der Waals surface area contributed by atoms with Gasteiger partial charge in [0.25, 0.3) is 0 Å². The highest BCUT2D eigenvalue weighted by Crippen LogP contribution is 2.26. The third kappa shape index (κ3) is 4.58. The summed E-state index contributed by atoms with van der Waals surface area (Å²) >= 11 is 1.56. The van der Waals surface area contributed by atoms with Gasteiger partial charge in [-0.3, -0.25) is 4.99 Å². The van der Waals surface area contributed by atoms with E-state index in [1.54, 1.807) is 35.8 Å². The Morgan fingerprint density at radius 3 is 2.90 bits per heavy atom. The van der Waals surface area contributed by atoms with Crippen molar-refractivity contribution in [1.82, 2.24) is 4.68 Å². The van der Waals surface area contributed by atoms with Crippen molar-refractivity contribution in [2.45, 2.75) is 18.9 Å². The maximum atomic E-state index is 9.80. The van der Waals surface area contributed by atoms with Crippen LogP contribution in [0.2, 0.25) is 0 Å². The Morgan fingerprint density at radius 2 is 2.14 bits per heavy atom. The molecule has 1 N–H and O–H groups in total. The Bertz CT molecular complexity index is 1050. The van der Waals surface area contributed by atoms with E-state index in [-0.39, 0.29) is 11.9 Å². The lowest BCUT2D eigenvalue weighted by molar-refractivity contribution is 0.117. The minimum atomic E-state index is 0.102. The molecule has 2 aromatic carbocycles. The van der Waals surface area contributed by atoms with Crippen LogP contribution in [-0.4, -0.2) is 42.4 Å². The van der Waals surface area contributed by atoms with Crippen LogP contribution in [0.5, 0.6) is 11.5 Å². The summed E-state index contributed by atoms with van der Waals surface area (Å²) < 4.78 is 12.7. The normalized spacial score (nSPS) is 17.3. The number of rotatable bonds is 6. The Hall–Kier alpha value is -2.90. The summed E-state index contributed by atoms with van der Waals surface area (Å²) in [6.07, 6.45) is 4.08. The van der Waals surface area contributed by atoms with Gasteiger partial charge in [0.2, 0.25) is 4.80 Å². The first-order valence-electron chi connectivity index (χ1n) is 9.54. The van der Waals surface area contributed by atoms with E-state index in [4.69, 9.17) is 19.6 Å². The minimum Gasteiger partial charge on any atom is -0.504 e. The van der Waals surface area contributed by atoms with Gasteiger partial charge in [0.15, 0.2) is 11.5 Å². The van der Waals surface area contributed by atoms with Crippen molar-refractivity contribution in [3.63, 3.8) is 0 Å². The van der Waals surface area contributed by atoms with Gasteiger partial charge in [0, 0.05) is 17.6 Å². The highest BCUT2D eigenvalue weighted by Gasteiger charge is 2.15. The lowest BCUT2D eigenvalue weighted by atomic mass is 10.2. The predicted octanol–water partition coefficient (Wildman–Crippen LogP) is 3.89. The van der Waals surface area contributed by atoms with Crippen LogP contribution in [-0.2, 0) is 4.74 Å². The van der Waals surface area contributed by atoms with Crippen molar-refractivity contribution < 1.29 is 14.6 Å². The standard InChI is InChI=1S/C22H23N3O3S/c1-27-21-12-16(9-10-20(21)26)13-24-25-19(17-6-3-2-4-7-17)15-29-22(25)23-14-18-8-5-11-28-18/h2-4,6-7,9-10,12-13,15,18,26H,5,8,11,14H2,1H3/b23-22?,24-13+/t18-/m0/s1. The molecule has 7 heteroatoms. The average Bonchev–Trinajstić information content (AvgIpc) is 3.42. The fourth-order valence-corrected chi connectivity index (χ4v) is 4.04. The summed E-state index contributed by atoms with van der Waals surface area (Å²) in [4.78, 5) is 5.59. The summed E-state index contributed by atoms with van der Waals surface area (Å²) in [7, 11) is 1.53. The number of nitrogens with zero attached hydrogens (tertiary/aromatic N) is 3. The van der Waals surface area contributed by atoms with Crippen LogP contribution in [0.3, 0.4) is 0 Å². The molecule has 0 radical (unpaired) electrons. The van der Waals surface area contributed by atoms with Crippen molar-refractivity contribution >= 4 is 17.6 Å². The molecular weight excluding hydrogens is 386 g/mol. The first-order chi connectivity index (χ1) is 14.2. The lowest BCUT2D eigenvalue weighted by Gasteiger charge is -2.06. The third-order valence-electron chi connectivity index (χ3n) is 4.74. The van der Waals surface area contributed by atoms with Gasteiger partial charge in [-0.05, 0) is 36.6 Å². The summed E-state index contributed by atoms with van der Waals surface area (Å²) in [5.41, 5.74) is 2.87. The molecule has 1 aliphatic heterocycles. The quantitative estimate of drug-likeness (QED) is 0.628. The Balaban J connectivity index is 1.70. The molecular formula is C22H23N3O3S. The largest absolute Gasteiger partial charge is 0.504 e. The Labute approximate surface area is 173 Å². The smallest absolute Gasteiger partial charge is 0.206 e. The van der Waals surface area contributed by atoms with Gasteiger partial charge in [0.05, 0.1) is 31.7 Å². The number of phenolic OH excluding ortho intramolecular Hbond substituents is 1. The van der Waals surface area contributed by atoms with Crippen molar-refractivity contribution in [1.29, 1.82) is 0 Å². The van der Waals surface area contributed by atoms with Gasteiger partial charge < -0.3 is 14.6 Å². The van der Waals surface area contributed by atoms with E-state index in [2.05, 4.69) is 17.5 Å². The highest BCUT2D eigenvalue weighted by molar-refractivity contribution is 7.07. The molecule has 0 unspecified atom stereocenters. The van der Waals surface area contributed by atoms with E-state index in [0.29, 0.717) is 12.3 Å². The van der Waals surface area contributed by atoms with Gasteiger partial charge in [-0.1, -0.05) is 30.3 Å². The van der Waals surface area contributed by atoms with Crippen LogP contribution in [0.1, 0.15) is 18.4 Å². The van der Waals surface area contributed by atoms with Crippen LogP contribution >= 0.6 is 11.3 Å². The molecule has 4 rings (SSSR count). The van der Waals surface area contributed by atoms with E-state index < -0.39 is 0 Å². The predicted molar refractivity (Wildman–Crippen MR) is 115 cm³/mol. The molecule has 6 nitrogen and oxygen atoms in total. The van der Waals surface area contributed by atoms with Gasteiger partial charge in [0.1, 0.15) is 0 Å². The maximum Gasteiger partial charge on any atom is 0.206 e. The van der Waals surface area contributed by atoms with Crippen LogP contribution in [0.15, 0.2) is 64.0 Å². The molecule has 1 fully saturated rings. The lowest BCUT2D eigenvalue weighted by Crippen LogP contribution is -2.17. The SMILES string of the molecule is COc1cc(/C=N/n2c(-c3ccccc3)csc2=NC[C@@H]2CCCO2)ccc1O. The molecule has 150 valence electrons. The van der Waals surface area contributed by atoms with E-state index in [1.807, 2.05) is 22.9 Å². The van der Waals surface area contributed by atoms with Gasteiger partial charge >= 0.3 is 0 Å². The van der Waals surface area contributed by atoms with Gasteiger partial charge in [-0.25, -0.2) is 4.68 Å². The second-order valence-corrected chi connectivity index (χ2v) is 7.57. The molecule has 0 aliphatic carbocycles.